The van der Waals surface area contributed by atoms with Gasteiger partial charge in [-0.3, -0.25) is 0 Å². The molecule has 0 bridgehead atoms. The molecule has 5 nitrogen and oxygen atoms in total. The van der Waals surface area contributed by atoms with Crippen molar-refractivity contribution in [2.24, 2.45) is 0 Å². The fourth-order valence-electron chi connectivity index (χ4n) is 1.03. The summed E-state index contributed by atoms with van der Waals surface area (Å²) in [7, 11) is -3.07. The Labute approximate surface area is 79.0 Å². The number of nitrogens with one attached hydrogen (secondary N) is 1. The fraction of sp³-hybridized carbons (Fsp3) is 0.833. The van der Waals surface area contributed by atoms with Crippen molar-refractivity contribution in [2.45, 2.75) is 12.0 Å². The van der Waals surface area contributed by atoms with E-state index in [4.69, 9.17) is 5.11 Å². The van der Waals surface area contributed by atoms with Crippen LogP contribution in [0.4, 0.5) is 8.78 Å². The molecule has 1 aliphatic rings. The van der Waals surface area contributed by atoms with Crippen LogP contribution in [-0.2, 0) is 14.6 Å². The monoisotopic (exact) mass is 229 g/mol. The van der Waals surface area contributed by atoms with Gasteiger partial charge < -0.3 is 10.4 Å². The molecule has 0 aromatic heterocycles. The molecule has 14 heavy (non-hydrogen) atoms. The SMILES string of the molecule is O=C(O)C(F)(F)CNC1CS(=O)(=O)C1. The van der Waals surface area contributed by atoms with Gasteiger partial charge in [0.15, 0.2) is 9.84 Å². The molecular weight excluding hydrogens is 220 g/mol. The lowest BCUT2D eigenvalue weighted by Gasteiger charge is -2.27. The van der Waals surface area contributed by atoms with Gasteiger partial charge in [0.05, 0.1) is 18.1 Å². The summed E-state index contributed by atoms with van der Waals surface area (Å²) in [5, 5.41) is 10.2. The maximum Gasteiger partial charge on any atom is 0.375 e. The summed E-state index contributed by atoms with van der Waals surface area (Å²) in [6.07, 6.45) is 0. The van der Waals surface area contributed by atoms with Gasteiger partial charge in [-0.05, 0) is 0 Å². The van der Waals surface area contributed by atoms with Crippen molar-refractivity contribution < 1.29 is 27.1 Å². The van der Waals surface area contributed by atoms with Crippen molar-refractivity contribution in [2.75, 3.05) is 18.1 Å². The van der Waals surface area contributed by atoms with Crippen molar-refractivity contribution in [3.8, 4) is 0 Å². The molecule has 1 fully saturated rings. The lowest BCUT2D eigenvalue weighted by molar-refractivity contribution is -0.164. The number of hydrogen-bond donors (Lipinski definition) is 2. The minimum Gasteiger partial charge on any atom is -0.477 e. The van der Waals surface area contributed by atoms with Crippen LogP contribution < -0.4 is 5.32 Å². The molecule has 0 saturated carbocycles. The van der Waals surface area contributed by atoms with Gasteiger partial charge in [-0.2, -0.15) is 8.78 Å². The van der Waals surface area contributed by atoms with Crippen LogP contribution in [0.25, 0.3) is 0 Å². The molecule has 1 rings (SSSR count). The van der Waals surface area contributed by atoms with Gasteiger partial charge in [0.25, 0.3) is 0 Å². The van der Waals surface area contributed by atoms with Crippen LogP contribution in [0.15, 0.2) is 0 Å². The highest BCUT2D eigenvalue weighted by molar-refractivity contribution is 7.92. The Kier molecular flexibility index (Phi) is 2.77. The van der Waals surface area contributed by atoms with E-state index in [1.807, 2.05) is 0 Å². The molecule has 1 saturated heterocycles. The first-order valence-corrected chi connectivity index (χ1v) is 5.60. The Morgan fingerprint density at radius 3 is 2.36 bits per heavy atom. The maximum absolute atomic E-state index is 12.4. The second-order valence-electron chi connectivity index (χ2n) is 3.16. The quantitative estimate of drug-likeness (QED) is 0.652. The molecule has 2 N–H and O–H groups in total. The van der Waals surface area contributed by atoms with Gasteiger partial charge in [0.1, 0.15) is 0 Å². The van der Waals surface area contributed by atoms with Crippen molar-refractivity contribution in [3.05, 3.63) is 0 Å². The minimum atomic E-state index is -3.85. The topological polar surface area (TPSA) is 83.5 Å². The van der Waals surface area contributed by atoms with Gasteiger partial charge in [0, 0.05) is 6.04 Å². The average molecular weight is 229 g/mol. The van der Waals surface area contributed by atoms with Crippen LogP contribution in [0.2, 0.25) is 0 Å². The third-order valence-corrected chi connectivity index (χ3v) is 3.66. The average Bonchev–Trinajstić information content (AvgIpc) is 1.96. The number of carbonyl (C=O) groups is 1. The van der Waals surface area contributed by atoms with Crippen LogP contribution in [-0.4, -0.2) is 49.5 Å². The van der Waals surface area contributed by atoms with Crippen molar-refractivity contribution >= 4 is 15.8 Å². The van der Waals surface area contributed by atoms with E-state index in [1.54, 1.807) is 0 Å². The highest BCUT2D eigenvalue weighted by Crippen LogP contribution is 2.15. The van der Waals surface area contributed by atoms with E-state index >= 15 is 0 Å². The Morgan fingerprint density at radius 1 is 1.50 bits per heavy atom. The van der Waals surface area contributed by atoms with Gasteiger partial charge in [-0.1, -0.05) is 0 Å². The molecule has 82 valence electrons. The first-order valence-electron chi connectivity index (χ1n) is 3.78. The standard InChI is InChI=1S/C6H9F2NO4S/c7-6(8,5(10)11)3-9-4-1-14(12,13)2-4/h4,9H,1-3H2,(H,10,11). The second kappa shape index (κ2) is 3.43. The number of alkyl halides is 2. The van der Waals surface area contributed by atoms with Crippen LogP contribution >= 0.6 is 0 Å². The molecule has 1 aliphatic heterocycles. The molecule has 0 atom stereocenters. The van der Waals surface area contributed by atoms with Crippen molar-refractivity contribution in [1.29, 1.82) is 0 Å². The molecule has 0 amide bonds. The first-order chi connectivity index (χ1) is 6.23. The number of carboxylic acids is 1. The predicted molar refractivity (Wildman–Crippen MR) is 43.0 cm³/mol. The Morgan fingerprint density at radius 2 is 2.00 bits per heavy atom. The summed E-state index contributed by atoms with van der Waals surface area (Å²) >= 11 is 0. The number of carboxylic acid groups (broad SMARTS) is 1. The summed E-state index contributed by atoms with van der Waals surface area (Å²) in [6, 6.07) is -0.551. The van der Waals surface area contributed by atoms with Gasteiger partial charge >= 0.3 is 11.9 Å². The maximum atomic E-state index is 12.4. The van der Waals surface area contributed by atoms with E-state index in [9.17, 15) is 22.0 Å². The largest absolute Gasteiger partial charge is 0.477 e. The molecule has 0 aromatic carbocycles. The normalized spacial score (nSPS) is 21.6. The third-order valence-electron chi connectivity index (χ3n) is 1.84. The number of rotatable bonds is 4. The summed E-state index contributed by atoms with van der Waals surface area (Å²) in [6.45, 7) is -1.04. The lowest BCUT2D eigenvalue weighted by Crippen LogP contribution is -2.54. The van der Waals surface area contributed by atoms with E-state index < -0.39 is 34.3 Å². The van der Waals surface area contributed by atoms with E-state index in [-0.39, 0.29) is 11.5 Å². The zero-order valence-electron chi connectivity index (χ0n) is 7.03. The van der Waals surface area contributed by atoms with E-state index in [0.717, 1.165) is 0 Å². The molecule has 0 spiro atoms. The van der Waals surface area contributed by atoms with Crippen LogP contribution in [0, 0.1) is 0 Å². The molecular formula is C6H9F2NO4S. The number of halogens is 2. The van der Waals surface area contributed by atoms with Crippen molar-refractivity contribution in [3.63, 3.8) is 0 Å². The number of aliphatic carboxylic acids is 1. The minimum absolute atomic E-state index is 0.206. The second-order valence-corrected chi connectivity index (χ2v) is 5.32. The molecule has 1 heterocycles. The zero-order valence-corrected chi connectivity index (χ0v) is 7.85. The lowest BCUT2D eigenvalue weighted by atomic mass is 10.3. The number of sulfone groups is 1. The molecule has 0 unspecified atom stereocenters. The smallest absolute Gasteiger partial charge is 0.375 e. The Hall–Kier alpha value is -0.760. The Balaban J connectivity index is 2.33. The predicted octanol–water partition coefficient (Wildman–Crippen LogP) is -0.907. The molecule has 0 radical (unpaired) electrons. The van der Waals surface area contributed by atoms with Crippen LogP contribution in [0.3, 0.4) is 0 Å². The number of hydrogen-bond acceptors (Lipinski definition) is 4. The molecule has 8 heteroatoms. The van der Waals surface area contributed by atoms with Crippen LogP contribution in [0.5, 0.6) is 0 Å². The van der Waals surface area contributed by atoms with E-state index in [1.165, 1.54) is 0 Å². The third kappa shape index (κ3) is 2.61. The highest BCUT2D eigenvalue weighted by Gasteiger charge is 2.41. The summed E-state index contributed by atoms with van der Waals surface area (Å²) in [4.78, 5) is 9.96. The summed E-state index contributed by atoms with van der Waals surface area (Å²) in [5.41, 5.74) is 0. The fourth-order valence-corrected chi connectivity index (χ4v) is 2.39. The summed E-state index contributed by atoms with van der Waals surface area (Å²) in [5.74, 6) is -6.47. The van der Waals surface area contributed by atoms with Crippen molar-refractivity contribution in [1.82, 2.24) is 5.32 Å². The van der Waals surface area contributed by atoms with Gasteiger partial charge in [0.2, 0.25) is 0 Å². The van der Waals surface area contributed by atoms with E-state index in [2.05, 4.69) is 5.32 Å². The van der Waals surface area contributed by atoms with Crippen LogP contribution in [0.1, 0.15) is 0 Å². The molecule has 0 aromatic rings. The summed E-state index contributed by atoms with van der Waals surface area (Å²) < 4.78 is 46.1. The highest BCUT2D eigenvalue weighted by atomic mass is 32.2. The first kappa shape index (κ1) is 11.3. The van der Waals surface area contributed by atoms with Gasteiger partial charge in [-0.25, -0.2) is 13.2 Å². The van der Waals surface area contributed by atoms with Gasteiger partial charge in [-0.15, -0.1) is 0 Å². The zero-order chi connectivity index (χ0) is 11.0. The molecule has 0 aliphatic carbocycles. The van der Waals surface area contributed by atoms with E-state index in [0.29, 0.717) is 0 Å². The Bertz CT molecular complexity index is 328.